The molecule has 1 N–H and O–H groups in total. The molecule has 1 atom stereocenters. The number of rotatable bonds is 5. The summed E-state index contributed by atoms with van der Waals surface area (Å²) in [6, 6.07) is 1.68. The molecule has 1 heterocycles. The van der Waals surface area contributed by atoms with Crippen molar-refractivity contribution in [2.45, 2.75) is 46.8 Å². The first-order valence-corrected chi connectivity index (χ1v) is 6.85. The lowest BCUT2D eigenvalue weighted by atomic mass is 10.1. The van der Waals surface area contributed by atoms with E-state index in [1.54, 1.807) is 13.0 Å². The molecule has 114 valence electrons. The Bertz CT molecular complexity index is 679. The van der Waals surface area contributed by atoms with Gasteiger partial charge in [-0.25, -0.2) is 9.36 Å². The molecule has 0 saturated carbocycles. The van der Waals surface area contributed by atoms with Gasteiger partial charge in [0.1, 0.15) is 18.2 Å². The average Bonchev–Trinajstić information content (AvgIpc) is 2.43. The maximum Gasteiger partial charge on any atom is 0.331 e. The Morgan fingerprint density at radius 2 is 2.00 bits per heavy atom. The summed E-state index contributed by atoms with van der Waals surface area (Å²) in [5.41, 5.74) is -1.48. The van der Waals surface area contributed by atoms with Crippen molar-refractivity contribution in [3.05, 3.63) is 32.6 Å². The zero-order valence-electron chi connectivity index (χ0n) is 12.7. The van der Waals surface area contributed by atoms with E-state index in [4.69, 9.17) is 5.26 Å². The molecule has 0 radical (unpaired) electrons. The number of aryl methyl sites for hydroxylation is 1. The highest BCUT2D eigenvalue weighted by atomic mass is 16.2. The first kappa shape index (κ1) is 16.7. The molecule has 0 aliphatic heterocycles. The van der Waals surface area contributed by atoms with Crippen LogP contribution < -0.4 is 16.6 Å². The first-order valence-electron chi connectivity index (χ1n) is 6.85. The summed E-state index contributed by atoms with van der Waals surface area (Å²) in [6.07, 6.45) is 1.22. The number of nitrogens with one attached hydrogen (secondary N) is 1. The Balaban J connectivity index is 3.14. The van der Waals surface area contributed by atoms with Gasteiger partial charge in [0.2, 0.25) is 5.91 Å². The Kier molecular flexibility index (Phi) is 5.47. The molecular formula is C14H20N4O3. The Hall–Kier alpha value is -2.36. The van der Waals surface area contributed by atoms with Gasteiger partial charge in [-0.15, -0.1) is 0 Å². The number of hydrogen-bond donors (Lipinski definition) is 1. The molecule has 0 unspecified atom stereocenters. The third-order valence-electron chi connectivity index (χ3n) is 3.39. The summed E-state index contributed by atoms with van der Waals surface area (Å²) in [4.78, 5) is 36.0. The molecule has 0 aliphatic carbocycles. The van der Waals surface area contributed by atoms with Crippen LogP contribution in [0.25, 0.3) is 0 Å². The fourth-order valence-electron chi connectivity index (χ4n) is 1.71. The summed E-state index contributed by atoms with van der Waals surface area (Å²) in [6.45, 7) is 7.41. The zero-order chi connectivity index (χ0) is 16.2. The maximum atomic E-state index is 12.1. The van der Waals surface area contributed by atoms with Crippen molar-refractivity contribution < 1.29 is 4.79 Å². The number of nitrogens with zero attached hydrogens (tertiary/aromatic N) is 3. The molecule has 0 saturated heterocycles. The minimum absolute atomic E-state index is 0.0687. The van der Waals surface area contributed by atoms with Crippen LogP contribution >= 0.6 is 0 Å². The van der Waals surface area contributed by atoms with Gasteiger partial charge in [-0.1, -0.05) is 13.8 Å². The molecule has 21 heavy (non-hydrogen) atoms. The van der Waals surface area contributed by atoms with Crippen LogP contribution in [0.2, 0.25) is 0 Å². The van der Waals surface area contributed by atoms with E-state index in [2.05, 4.69) is 5.32 Å². The van der Waals surface area contributed by atoms with Gasteiger partial charge in [0, 0.05) is 18.8 Å². The fraction of sp³-hybridized carbons (Fsp3) is 0.571. The van der Waals surface area contributed by atoms with Crippen LogP contribution in [0.3, 0.4) is 0 Å². The highest BCUT2D eigenvalue weighted by molar-refractivity contribution is 5.76. The van der Waals surface area contributed by atoms with Crippen LogP contribution in [0.15, 0.2) is 15.8 Å². The minimum Gasteiger partial charge on any atom is -0.352 e. The van der Waals surface area contributed by atoms with Gasteiger partial charge in [0.15, 0.2) is 0 Å². The molecular weight excluding hydrogens is 272 g/mol. The Morgan fingerprint density at radius 3 is 2.48 bits per heavy atom. The van der Waals surface area contributed by atoms with E-state index in [0.717, 1.165) is 4.57 Å². The Morgan fingerprint density at radius 1 is 1.38 bits per heavy atom. The van der Waals surface area contributed by atoms with E-state index in [0.29, 0.717) is 6.54 Å². The smallest absolute Gasteiger partial charge is 0.331 e. The predicted octanol–water partition coefficient (Wildman–Crippen LogP) is 0.0623. The SMILES string of the molecule is CCn1cc(C#N)c(=O)n(CC(=O)N[C@H](C)C(C)C)c1=O. The molecule has 0 aromatic carbocycles. The van der Waals surface area contributed by atoms with Gasteiger partial charge in [-0.05, 0) is 19.8 Å². The fourth-order valence-corrected chi connectivity index (χ4v) is 1.71. The van der Waals surface area contributed by atoms with Gasteiger partial charge in [-0.2, -0.15) is 5.26 Å². The van der Waals surface area contributed by atoms with E-state index in [-0.39, 0.29) is 24.1 Å². The summed E-state index contributed by atoms with van der Waals surface area (Å²) in [5, 5.41) is 11.7. The average molecular weight is 292 g/mol. The number of carbonyl (C=O) groups excluding carboxylic acids is 1. The lowest BCUT2D eigenvalue weighted by Crippen LogP contribution is -2.46. The normalized spacial score (nSPS) is 12.0. The summed E-state index contributed by atoms with van der Waals surface area (Å²) < 4.78 is 2.03. The lowest BCUT2D eigenvalue weighted by Gasteiger charge is -2.17. The molecule has 1 amide bonds. The number of carbonyl (C=O) groups is 1. The third-order valence-corrected chi connectivity index (χ3v) is 3.39. The summed E-state index contributed by atoms with van der Waals surface area (Å²) >= 11 is 0. The molecule has 7 heteroatoms. The second kappa shape index (κ2) is 6.88. The van der Waals surface area contributed by atoms with Gasteiger partial charge < -0.3 is 5.32 Å². The van der Waals surface area contributed by atoms with Crippen molar-refractivity contribution in [2.24, 2.45) is 5.92 Å². The molecule has 0 bridgehead atoms. The monoisotopic (exact) mass is 292 g/mol. The predicted molar refractivity (Wildman–Crippen MR) is 77.8 cm³/mol. The van der Waals surface area contributed by atoms with E-state index in [1.165, 1.54) is 10.8 Å². The van der Waals surface area contributed by atoms with Crippen molar-refractivity contribution in [1.29, 1.82) is 5.26 Å². The molecule has 1 aromatic heterocycles. The third kappa shape index (κ3) is 3.81. The lowest BCUT2D eigenvalue weighted by molar-refractivity contribution is -0.122. The quantitative estimate of drug-likeness (QED) is 0.830. The van der Waals surface area contributed by atoms with E-state index >= 15 is 0 Å². The summed E-state index contributed by atoms with van der Waals surface area (Å²) in [5.74, 6) is -0.184. The molecule has 1 aromatic rings. The number of hydrogen-bond acceptors (Lipinski definition) is 4. The van der Waals surface area contributed by atoms with Crippen molar-refractivity contribution in [3.8, 4) is 6.07 Å². The topological polar surface area (TPSA) is 96.9 Å². The molecule has 7 nitrogen and oxygen atoms in total. The van der Waals surface area contributed by atoms with Crippen molar-refractivity contribution >= 4 is 5.91 Å². The number of nitriles is 1. The second-order valence-electron chi connectivity index (χ2n) is 5.21. The van der Waals surface area contributed by atoms with Gasteiger partial charge >= 0.3 is 5.69 Å². The maximum absolute atomic E-state index is 12.1. The van der Waals surface area contributed by atoms with Gasteiger partial charge in [0.05, 0.1) is 0 Å². The highest BCUT2D eigenvalue weighted by Crippen LogP contribution is 1.99. The number of amides is 1. The van der Waals surface area contributed by atoms with Crippen molar-refractivity contribution in [2.75, 3.05) is 0 Å². The largest absolute Gasteiger partial charge is 0.352 e. The van der Waals surface area contributed by atoms with Crippen LogP contribution in [0.1, 0.15) is 33.3 Å². The van der Waals surface area contributed by atoms with Crippen LogP contribution in [-0.4, -0.2) is 21.1 Å². The Labute approximate surface area is 122 Å². The zero-order valence-corrected chi connectivity index (χ0v) is 12.7. The molecule has 1 rings (SSSR count). The summed E-state index contributed by atoms with van der Waals surface area (Å²) in [7, 11) is 0. The van der Waals surface area contributed by atoms with Crippen LogP contribution in [-0.2, 0) is 17.9 Å². The molecule has 0 fully saturated rings. The van der Waals surface area contributed by atoms with E-state index in [9.17, 15) is 14.4 Å². The molecule has 0 spiro atoms. The van der Waals surface area contributed by atoms with Crippen LogP contribution in [0.5, 0.6) is 0 Å². The first-order chi connectivity index (χ1) is 9.81. The van der Waals surface area contributed by atoms with E-state index in [1.807, 2.05) is 20.8 Å². The van der Waals surface area contributed by atoms with Gasteiger partial charge in [-0.3, -0.25) is 14.2 Å². The van der Waals surface area contributed by atoms with Crippen molar-refractivity contribution in [1.82, 2.24) is 14.5 Å². The highest BCUT2D eigenvalue weighted by Gasteiger charge is 2.16. The van der Waals surface area contributed by atoms with E-state index < -0.39 is 17.2 Å². The number of aromatic nitrogens is 2. The second-order valence-corrected chi connectivity index (χ2v) is 5.21. The molecule has 0 aliphatic rings. The van der Waals surface area contributed by atoms with Crippen LogP contribution in [0, 0.1) is 17.2 Å². The minimum atomic E-state index is -0.737. The van der Waals surface area contributed by atoms with Gasteiger partial charge in [0.25, 0.3) is 5.56 Å². The van der Waals surface area contributed by atoms with Crippen LogP contribution in [0.4, 0.5) is 0 Å². The van der Waals surface area contributed by atoms with Crippen molar-refractivity contribution in [3.63, 3.8) is 0 Å². The standard InChI is InChI=1S/C14H20N4O3/c1-5-17-7-11(6-15)13(20)18(14(17)21)8-12(19)16-10(4)9(2)3/h7,9-10H,5,8H2,1-4H3,(H,16,19)/t10-/m1/s1.